The molecule has 2 aliphatic rings. The van der Waals surface area contributed by atoms with Gasteiger partial charge in [-0.1, -0.05) is 25.0 Å². The lowest BCUT2D eigenvalue weighted by Crippen LogP contribution is -2.51. The first-order valence-electron chi connectivity index (χ1n) is 9.43. The van der Waals surface area contributed by atoms with E-state index in [1.54, 1.807) is 0 Å². The fourth-order valence-corrected chi connectivity index (χ4v) is 3.88. The zero-order valence-electron chi connectivity index (χ0n) is 15.4. The van der Waals surface area contributed by atoms with Gasteiger partial charge in [-0.3, -0.25) is 9.59 Å². The minimum absolute atomic E-state index is 0.0342. The summed E-state index contributed by atoms with van der Waals surface area (Å²) in [5.74, 6) is 0.209. The highest BCUT2D eigenvalue weighted by Crippen LogP contribution is 2.25. The zero-order chi connectivity index (χ0) is 17.8. The molecule has 1 aliphatic heterocycles. The number of hydrogen-bond donors (Lipinski definition) is 1. The van der Waals surface area contributed by atoms with Crippen molar-refractivity contribution in [1.29, 1.82) is 0 Å². The maximum absolute atomic E-state index is 12.4. The molecule has 1 aromatic carbocycles. The van der Waals surface area contributed by atoms with Crippen molar-refractivity contribution < 1.29 is 9.59 Å². The molecule has 0 aromatic heterocycles. The van der Waals surface area contributed by atoms with Gasteiger partial charge in [0.15, 0.2) is 0 Å². The molecule has 1 aromatic rings. The van der Waals surface area contributed by atoms with E-state index in [2.05, 4.69) is 42.3 Å². The van der Waals surface area contributed by atoms with E-state index in [0.717, 1.165) is 38.8 Å². The average Bonchev–Trinajstić information content (AvgIpc) is 3.17. The summed E-state index contributed by atoms with van der Waals surface area (Å²) in [6, 6.07) is 6.38. The summed E-state index contributed by atoms with van der Waals surface area (Å²) in [4.78, 5) is 28.6. The van der Waals surface area contributed by atoms with Crippen molar-refractivity contribution in [2.75, 3.05) is 37.6 Å². The fourth-order valence-electron chi connectivity index (χ4n) is 3.88. The van der Waals surface area contributed by atoms with Gasteiger partial charge in [-0.05, 0) is 43.9 Å². The smallest absolute Gasteiger partial charge is 0.242 e. The Balaban J connectivity index is 1.47. The van der Waals surface area contributed by atoms with Crippen molar-refractivity contribution in [2.45, 2.75) is 39.5 Å². The Morgan fingerprint density at radius 3 is 2.44 bits per heavy atom. The van der Waals surface area contributed by atoms with Crippen molar-refractivity contribution in [1.82, 2.24) is 10.2 Å². The number of hydrogen-bond acceptors (Lipinski definition) is 3. The second kappa shape index (κ2) is 7.89. The Hall–Kier alpha value is -2.04. The molecule has 5 heteroatoms. The summed E-state index contributed by atoms with van der Waals surface area (Å²) in [5, 5.41) is 2.84. The first-order chi connectivity index (χ1) is 12.1. The van der Waals surface area contributed by atoms with Crippen molar-refractivity contribution in [2.24, 2.45) is 5.92 Å². The minimum Gasteiger partial charge on any atom is -0.368 e. The van der Waals surface area contributed by atoms with Crippen molar-refractivity contribution in [3.63, 3.8) is 0 Å². The van der Waals surface area contributed by atoms with E-state index >= 15 is 0 Å². The number of nitrogens with zero attached hydrogens (tertiary/aromatic N) is 2. The highest BCUT2D eigenvalue weighted by Gasteiger charge is 2.25. The lowest BCUT2D eigenvalue weighted by atomic mass is 10.1. The third kappa shape index (κ3) is 4.14. The van der Waals surface area contributed by atoms with E-state index in [1.165, 1.54) is 16.8 Å². The molecule has 0 spiro atoms. The third-order valence-electron chi connectivity index (χ3n) is 5.69. The van der Waals surface area contributed by atoms with Gasteiger partial charge in [-0.2, -0.15) is 0 Å². The summed E-state index contributed by atoms with van der Waals surface area (Å²) in [5.41, 5.74) is 3.87. The topological polar surface area (TPSA) is 52.6 Å². The molecule has 1 aliphatic carbocycles. The van der Waals surface area contributed by atoms with Crippen LogP contribution in [0.15, 0.2) is 18.2 Å². The van der Waals surface area contributed by atoms with E-state index < -0.39 is 0 Å². The molecule has 2 amide bonds. The first-order valence-corrected chi connectivity index (χ1v) is 9.43. The molecular formula is C20H29N3O2. The van der Waals surface area contributed by atoms with Crippen LogP contribution in [-0.2, 0) is 9.59 Å². The van der Waals surface area contributed by atoms with E-state index in [0.29, 0.717) is 13.1 Å². The standard InChI is InChI=1S/C20H29N3O2/c1-15-6-5-9-18(16(15)2)22-10-12-23(13-11-22)19(24)14-21-20(25)17-7-3-4-8-17/h5-6,9,17H,3-4,7-8,10-14H2,1-2H3,(H,21,25). The van der Waals surface area contributed by atoms with Crippen LogP contribution in [0, 0.1) is 19.8 Å². The summed E-state index contributed by atoms with van der Waals surface area (Å²) in [6.07, 6.45) is 4.20. The molecule has 1 saturated carbocycles. The largest absolute Gasteiger partial charge is 0.368 e. The van der Waals surface area contributed by atoms with Crippen LogP contribution >= 0.6 is 0 Å². The van der Waals surface area contributed by atoms with Crippen LogP contribution in [-0.4, -0.2) is 49.4 Å². The van der Waals surface area contributed by atoms with Gasteiger partial charge in [0.05, 0.1) is 6.54 Å². The van der Waals surface area contributed by atoms with Crippen LogP contribution in [0.2, 0.25) is 0 Å². The maximum atomic E-state index is 12.4. The summed E-state index contributed by atoms with van der Waals surface area (Å²) < 4.78 is 0. The van der Waals surface area contributed by atoms with Crippen LogP contribution in [0.25, 0.3) is 0 Å². The van der Waals surface area contributed by atoms with Crippen LogP contribution in [0.1, 0.15) is 36.8 Å². The Labute approximate surface area is 150 Å². The average molecular weight is 343 g/mol. The number of carbonyl (C=O) groups is 2. The van der Waals surface area contributed by atoms with Crippen molar-refractivity contribution >= 4 is 17.5 Å². The molecule has 0 bridgehead atoms. The van der Waals surface area contributed by atoms with E-state index in [1.807, 2.05) is 4.90 Å². The fraction of sp³-hybridized carbons (Fsp3) is 0.600. The Bertz CT molecular complexity index is 630. The highest BCUT2D eigenvalue weighted by atomic mass is 16.2. The third-order valence-corrected chi connectivity index (χ3v) is 5.69. The Kier molecular flexibility index (Phi) is 5.61. The first kappa shape index (κ1) is 17.8. The highest BCUT2D eigenvalue weighted by molar-refractivity contribution is 5.86. The van der Waals surface area contributed by atoms with Crippen molar-refractivity contribution in [3.05, 3.63) is 29.3 Å². The second-order valence-electron chi connectivity index (χ2n) is 7.29. The molecule has 1 N–H and O–H groups in total. The van der Waals surface area contributed by atoms with E-state index in [-0.39, 0.29) is 24.3 Å². The number of aryl methyl sites for hydroxylation is 1. The number of amides is 2. The Morgan fingerprint density at radius 2 is 1.76 bits per heavy atom. The van der Waals surface area contributed by atoms with Gasteiger partial charge in [0.25, 0.3) is 0 Å². The number of piperazine rings is 1. The normalized spacial score (nSPS) is 18.5. The van der Waals surface area contributed by atoms with Gasteiger partial charge in [0.2, 0.25) is 11.8 Å². The monoisotopic (exact) mass is 343 g/mol. The van der Waals surface area contributed by atoms with Crippen molar-refractivity contribution in [3.8, 4) is 0 Å². The number of nitrogens with one attached hydrogen (secondary N) is 1. The van der Waals surface area contributed by atoms with Gasteiger partial charge in [-0.15, -0.1) is 0 Å². The lowest BCUT2D eigenvalue weighted by molar-refractivity contribution is -0.134. The molecule has 0 atom stereocenters. The number of anilines is 1. The molecule has 0 radical (unpaired) electrons. The molecule has 136 valence electrons. The minimum atomic E-state index is 0.0342. The number of carbonyl (C=O) groups excluding carboxylic acids is 2. The zero-order valence-corrected chi connectivity index (χ0v) is 15.4. The molecule has 0 unspecified atom stereocenters. The molecular weight excluding hydrogens is 314 g/mol. The van der Waals surface area contributed by atoms with Gasteiger partial charge in [0, 0.05) is 37.8 Å². The van der Waals surface area contributed by atoms with E-state index in [9.17, 15) is 9.59 Å². The quantitative estimate of drug-likeness (QED) is 0.912. The molecule has 25 heavy (non-hydrogen) atoms. The van der Waals surface area contributed by atoms with Gasteiger partial charge in [0.1, 0.15) is 0 Å². The van der Waals surface area contributed by atoms with Crippen LogP contribution in [0.5, 0.6) is 0 Å². The van der Waals surface area contributed by atoms with Crippen LogP contribution in [0.4, 0.5) is 5.69 Å². The molecule has 1 heterocycles. The number of rotatable bonds is 4. The summed E-state index contributed by atoms with van der Waals surface area (Å²) in [7, 11) is 0. The summed E-state index contributed by atoms with van der Waals surface area (Å²) >= 11 is 0. The molecule has 1 saturated heterocycles. The Morgan fingerprint density at radius 1 is 1.08 bits per heavy atom. The SMILES string of the molecule is Cc1cccc(N2CCN(C(=O)CNC(=O)C3CCCC3)CC2)c1C. The summed E-state index contributed by atoms with van der Waals surface area (Å²) in [6.45, 7) is 7.53. The molecule has 3 rings (SSSR count). The number of benzene rings is 1. The molecule has 5 nitrogen and oxygen atoms in total. The van der Waals surface area contributed by atoms with Gasteiger partial charge in [-0.25, -0.2) is 0 Å². The van der Waals surface area contributed by atoms with E-state index in [4.69, 9.17) is 0 Å². The predicted octanol–water partition coefficient (Wildman–Crippen LogP) is 2.26. The lowest BCUT2D eigenvalue weighted by Gasteiger charge is -2.37. The maximum Gasteiger partial charge on any atom is 0.242 e. The van der Waals surface area contributed by atoms with Crippen LogP contribution < -0.4 is 10.2 Å². The predicted molar refractivity (Wildman–Crippen MR) is 99.7 cm³/mol. The van der Waals surface area contributed by atoms with Gasteiger partial charge >= 0.3 is 0 Å². The second-order valence-corrected chi connectivity index (χ2v) is 7.29. The van der Waals surface area contributed by atoms with Gasteiger partial charge < -0.3 is 15.1 Å². The molecule has 2 fully saturated rings. The van der Waals surface area contributed by atoms with Crippen LogP contribution in [0.3, 0.4) is 0 Å².